The molecule has 0 radical (unpaired) electrons. The van der Waals surface area contributed by atoms with E-state index in [1.165, 1.54) is 5.69 Å². The van der Waals surface area contributed by atoms with Gasteiger partial charge in [0.15, 0.2) is 0 Å². The fourth-order valence-corrected chi connectivity index (χ4v) is 7.01. The van der Waals surface area contributed by atoms with Crippen molar-refractivity contribution in [1.29, 1.82) is 0 Å². The number of benzene rings is 2. The Balaban J connectivity index is 0.918. The highest BCUT2D eigenvalue weighted by molar-refractivity contribution is 9.10. The Hall–Kier alpha value is -2.95. The van der Waals surface area contributed by atoms with E-state index in [1.54, 1.807) is 0 Å². The average molecular weight is 653 g/mol. The molecule has 230 valence electrons. The van der Waals surface area contributed by atoms with E-state index in [9.17, 15) is 9.59 Å². The largest absolute Gasteiger partial charge is 0.490 e. The summed E-state index contributed by atoms with van der Waals surface area (Å²) in [4.78, 5) is 29.0. The van der Waals surface area contributed by atoms with Crippen LogP contribution in [0.4, 0.5) is 5.69 Å². The number of fused-ring (bicyclic) bond motifs is 1. The summed E-state index contributed by atoms with van der Waals surface area (Å²) in [7, 11) is 1.92. The van der Waals surface area contributed by atoms with E-state index in [2.05, 4.69) is 73.4 Å². The first-order valence-corrected chi connectivity index (χ1v) is 16.5. The van der Waals surface area contributed by atoms with Crippen molar-refractivity contribution < 1.29 is 19.1 Å². The van der Waals surface area contributed by atoms with Crippen molar-refractivity contribution in [3.63, 3.8) is 0 Å². The van der Waals surface area contributed by atoms with Crippen LogP contribution in [0, 0.1) is 6.92 Å². The van der Waals surface area contributed by atoms with Gasteiger partial charge in [-0.25, -0.2) is 0 Å². The van der Waals surface area contributed by atoms with Crippen molar-refractivity contribution in [3.05, 3.63) is 52.1 Å². The number of nitrogens with one attached hydrogen (secondary N) is 1. The van der Waals surface area contributed by atoms with Gasteiger partial charge in [-0.1, -0.05) is 22.0 Å². The molecule has 3 aromatic rings. The van der Waals surface area contributed by atoms with Crippen LogP contribution in [0.1, 0.15) is 62.1 Å². The molecule has 3 fully saturated rings. The van der Waals surface area contributed by atoms with Gasteiger partial charge in [0, 0.05) is 73.9 Å². The zero-order chi connectivity index (χ0) is 29.9. The quantitative estimate of drug-likeness (QED) is 0.255. The third kappa shape index (κ3) is 6.91. The molecule has 0 bridgehead atoms. The van der Waals surface area contributed by atoms with Crippen molar-refractivity contribution in [2.75, 3.05) is 44.2 Å². The highest BCUT2D eigenvalue weighted by Gasteiger charge is 2.32. The van der Waals surface area contributed by atoms with Crippen LogP contribution in [0.25, 0.3) is 10.9 Å². The van der Waals surface area contributed by atoms with E-state index in [0.717, 1.165) is 104 Å². The van der Waals surface area contributed by atoms with E-state index < -0.39 is 0 Å². The fraction of sp³-hybridized carbons (Fsp3) is 0.545. The zero-order valence-electron chi connectivity index (χ0n) is 25.2. The summed E-state index contributed by atoms with van der Waals surface area (Å²) in [5.41, 5.74) is 4.12. The monoisotopic (exact) mass is 651 g/mol. The Morgan fingerprint density at radius 1 is 1.00 bits per heavy atom. The zero-order valence-corrected chi connectivity index (χ0v) is 26.8. The number of carbonyl (C=O) groups excluding carboxylic acids is 2. The van der Waals surface area contributed by atoms with Gasteiger partial charge >= 0.3 is 0 Å². The molecule has 1 aliphatic carbocycles. The summed E-state index contributed by atoms with van der Waals surface area (Å²) in [5.74, 6) is 0.157. The molecule has 9 nitrogen and oxygen atoms in total. The highest BCUT2D eigenvalue weighted by Crippen LogP contribution is 2.33. The van der Waals surface area contributed by atoms with Crippen molar-refractivity contribution >= 4 is 44.3 Å². The van der Waals surface area contributed by atoms with Crippen LogP contribution >= 0.6 is 15.9 Å². The second-order valence-corrected chi connectivity index (χ2v) is 13.0. The van der Waals surface area contributed by atoms with Crippen LogP contribution < -0.4 is 15.0 Å². The fourth-order valence-electron chi connectivity index (χ4n) is 6.66. The van der Waals surface area contributed by atoms with E-state index in [1.807, 2.05) is 17.8 Å². The van der Waals surface area contributed by atoms with Crippen molar-refractivity contribution in [3.8, 4) is 5.75 Å². The summed E-state index contributed by atoms with van der Waals surface area (Å²) in [6.07, 6.45) is 6.74. The first-order chi connectivity index (χ1) is 20.9. The van der Waals surface area contributed by atoms with Crippen LogP contribution in [0.15, 0.2) is 40.9 Å². The number of aryl methyl sites for hydroxylation is 1. The Morgan fingerprint density at radius 2 is 1.77 bits per heavy atom. The molecule has 1 saturated carbocycles. The van der Waals surface area contributed by atoms with Gasteiger partial charge in [0.25, 0.3) is 0 Å². The lowest BCUT2D eigenvalue weighted by molar-refractivity contribution is -0.134. The minimum absolute atomic E-state index is 0.202. The van der Waals surface area contributed by atoms with Crippen molar-refractivity contribution in [2.24, 2.45) is 7.05 Å². The molecule has 2 aliphatic heterocycles. The highest BCUT2D eigenvalue weighted by atomic mass is 79.9. The number of ether oxygens (including phenoxy) is 2. The normalized spacial score (nSPS) is 23.5. The maximum Gasteiger partial charge on any atom is 0.235 e. The number of piperazine rings is 1. The molecular formula is C33H42BrN5O4. The number of carbonyl (C=O) groups is 2. The third-order valence-electron chi connectivity index (χ3n) is 9.28. The number of hydrogen-bond donors (Lipinski definition) is 1. The number of halogens is 1. The van der Waals surface area contributed by atoms with Crippen LogP contribution in [-0.2, 0) is 21.4 Å². The smallest absolute Gasteiger partial charge is 0.235 e. The number of rotatable bonds is 9. The summed E-state index contributed by atoms with van der Waals surface area (Å²) >= 11 is 3.60. The summed E-state index contributed by atoms with van der Waals surface area (Å²) in [6.45, 7) is 7.98. The molecule has 3 aliphatic rings. The molecule has 10 heteroatoms. The van der Waals surface area contributed by atoms with E-state index in [-0.39, 0.29) is 23.8 Å². The molecule has 2 saturated heterocycles. The van der Waals surface area contributed by atoms with Gasteiger partial charge in [0.2, 0.25) is 11.8 Å². The molecule has 6 rings (SSSR count). The molecule has 1 atom stereocenters. The Kier molecular flexibility index (Phi) is 9.35. The van der Waals surface area contributed by atoms with Crippen LogP contribution in [-0.4, -0.2) is 78.0 Å². The number of hydrogen-bond acceptors (Lipinski definition) is 7. The average Bonchev–Trinajstić information content (AvgIpc) is 3.34. The maximum absolute atomic E-state index is 12.5. The first kappa shape index (κ1) is 30.1. The standard InChI is InChI=1S/C33H42BrN5O4/c1-22-28(34)5-3-6-30(22)43-25-10-8-24(9-11-25)42-20-4-15-38-16-18-39(19-17-38)23-7-12-26-29(21-23)37(2)36-32(26)27-13-14-31(40)35-33(27)41/h3,5-7,12,21,24-25,27H,4,8-11,13-20H2,1-2H3,(H,35,40,41). The summed E-state index contributed by atoms with van der Waals surface area (Å²) < 4.78 is 15.5. The number of imide groups is 1. The number of piperidine rings is 1. The molecule has 2 aromatic carbocycles. The van der Waals surface area contributed by atoms with E-state index >= 15 is 0 Å². The second kappa shape index (κ2) is 13.4. The van der Waals surface area contributed by atoms with Crippen LogP contribution in [0.5, 0.6) is 5.75 Å². The van der Waals surface area contributed by atoms with Gasteiger partial charge in [-0.05, 0) is 75.8 Å². The van der Waals surface area contributed by atoms with Gasteiger partial charge in [0.05, 0.1) is 29.3 Å². The van der Waals surface area contributed by atoms with E-state index in [0.29, 0.717) is 18.9 Å². The minimum Gasteiger partial charge on any atom is -0.490 e. The first-order valence-electron chi connectivity index (χ1n) is 15.7. The lowest BCUT2D eigenvalue weighted by Gasteiger charge is -2.36. The molecule has 43 heavy (non-hydrogen) atoms. The molecule has 1 N–H and O–H groups in total. The molecular weight excluding hydrogens is 610 g/mol. The maximum atomic E-state index is 12.5. The molecule has 0 spiro atoms. The summed E-state index contributed by atoms with van der Waals surface area (Å²) in [6, 6.07) is 12.6. The second-order valence-electron chi connectivity index (χ2n) is 12.1. The van der Waals surface area contributed by atoms with Gasteiger partial charge in [-0.15, -0.1) is 0 Å². The van der Waals surface area contributed by atoms with Gasteiger partial charge in [-0.3, -0.25) is 24.5 Å². The number of nitrogens with zero attached hydrogens (tertiary/aromatic N) is 4. The Morgan fingerprint density at radius 3 is 2.53 bits per heavy atom. The van der Waals surface area contributed by atoms with Gasteiger partial charge in [0.1, 0.15) is 5.75 Å². The Labute approximate surface area is 262 Å². The Bertz CT molecular complexity index is 1460. The van der Waals surface area contributed by atoms with Gasteiger partial charge < -0.3 is 14.4 Å². The van der Waals surface area contributed by atoms with Crippen LogP contribution in [0.2, 0.25) is 0 Å². The predicted molar refractivity (Wildman–Crippen MR) is 171 cm³/mol. The predicted octanol–water partition coefficient (Wildman–Crippen LogP) is 5.08. The molecule has 1 aromatic heterocycles. The van der Waals surface area contributed by atoms with Gasteiger partial charge in [-0.2, -0.15) is 5.10 Å². The topological polar surface area (TPSA) is 88.9 Å². The minimum atomic E-state index is -0.379. The van der Waals surface area contributed by atoms with Crippen molar-refractivity contribution in [1.82, 2.24) is 20.0 Å². The van der Waals surface area contributed by atoms with Crippen molar-refractivity contribution in [2.45, 2.75) is 70.0 Å². The number of anilines is 1. The molecule has 1 unspecified atom stereocenters. The molecule has 3 heterocycles. The lowest BCUT2D eigenvalue weighted by atomic mass is 9.93. The summed E-state index contributed by atoms with van der Waals surface area (Å²) in [5, 5.41) is 8.14. The lowest BCUT2D eigenvalue weighted by Crippen LogP contribution is -2.46. The van der Waals surface area contributed by atoms with Crippen LogP contribution in [0.3, 0.4) is 0 Å². The number of amides is 2. The molecule has 2 amide bonds. The van der Waals surface area contributed by atoms with E-state index in [4.69, 9.17) is 9.47 Å². The SMILES string of the molecule is Cc1c(Br)cccc1OC1CCC(OCCCN2CCN(c3ccc4c(C5CCC(=O)NC5=O)nn(C)c4c3)CC2)CC1. The third-order valence-corrected chi connectivity index (χ3v) is 10.1. The number of aromatic nitrogens is 2.